The van der Waals surface area contributed by atoms with Gasteiger partial charge in [0, 0.05) is 6.61 Å². The molecule has 0 bridgehead atoms. The lowest BCUT2D eigenvalue weighted by atomic mass is 9.84. The van der Waals surface area contributed by atoms with Crippen molar-refractivity contribution in [2.75, 3.05) is 25.2 Å². The van der Waals surface area contributed by atoms with E-state index in [4.69, 9.17) is 10.8 Å². The Bertz CT molecular complexity index is 276. The van der Waals surface area contributed by atoms with Gasteiger partial charge < -0.3 is 16.2 Å². The Morgan fingerprint density at radius 2 is 2.39 bits per heavy atom. The second-order valence-electron chi connectivity index (χ2n) is 5.33. The fourth-order valence-electron chi connectivity index (χ4n) is 2.81. The van der Waals surface area contributed by atoms with E-state index in [0.717, 1.165) is 37.2 Å². The number of amides is 1. The summed E-state index contributed by atoms with van der Waals surface area (Å²) in [6.45, 7) is 2.29. The lowest BCUT2D eigenvalue weighted by molar-refractivity contribution is -0.125. The van der Waals surface area contributed by atoms with Gasteiger partial charge in [-0.1, -0.05) is 13.3 Å². The Morgan fingerprint density at radius 1 is 1.67 bits per heavy atom. The molecular weight excluding hydrogens is 248 g/mol. The number of aliphatic hydroxyl groups is 1. The molecular formula is C13H26N2O2S. The zero-order chi connectivity index (χ0) is 13.6. The lowest BCUT2D eigenvalue weighted by Crippen LogP contribution is -2.56. The number of nitrogens with one attached hydrogen (secondary N) is 1. The van der Waals surface area contributed by atoms with Crippen LogP contribution in [0.3, 0.4) is 0 Å². The first-order valence-electron chi connectivity index (χ1n) is 6.74. The van der Waals surface area contributed by atoms with Crippen molar-refractivity contribution in [3.05, 3.63) is 0 Å². The van der Waals surface area contributed by atoms with Crippen molar-refractivity contribution < 1.29 is 9.90 Å². The van der Waals surface area contributed by atoms with Crippen LogP contribution < -0.4 is 11.1 Å². The first-order chi connectivity index (χ1) is 8.56. The predicted molar refractivity (Wildman–Crippen MR) is 76.5 cm³/mol. The van der Waals surface area contributed by atoms with Crippen LogP contribution in [0.15, 0.2) is 0 Å². The largest absolute Gasteiger partial charge is 0.396 e. The van der Waals surface area contributed by atoms with Gasteiger partial charge in [0.15, 0.2) is 0 Å². The molecule has 0 spiro atoms. The minimum absolute atomic E-state index is 0.207. The van der Waals surface area contributed by atoms with Crippen LogP contribution in [-0.2, 0) is 4.79 Å². The third-order valence-corrected chi connectivity index (χ3v) is 5.36. The molecule has 1 aliphatic rings. The summed E-state index contributed by atoms with van der Waals surface area (Å²) >= 11 is 1.86. The van der Waals surface area contributed by atoms with Gasteiger partial charge in [-0.05, 0) is 49.7 Å². The molecule has 0 aromatic rings. The number of hydrogen-bond acceptors (Lipinski definition) is 4. The second-order valence-corrected chi connectivity index (χ2v) is 6.48. The van der Waals surface area contributed by atoms with E-state index in [1.165, 1.54) is 0 Å². The Morgan fingerprint density at radius 3 is 2.94 bits per heavy atom. The van der Waals surface area contributed by atoms with Crippen molar-refractivity contribution in [1.82, 2.24) is 5.32 Å². The molecule has 106 valence electrons. The number of likely N-dealkylation sites (N-methyl/N-ethyl adjacent to an activating group) is 1. The highest BCUT2D eigenvalue weighted by atomic mass is 32.2. The highest BCUT2D eigenvalue weighted by molar-refractivity contribution is 7.99. The molecule has 3 atom stereocenters. The fourth-order valence-corrected chi connectivity index (χ4v) is 3.93. The summed E-state index contributed by atoms with van der Waals surface area (Å²) in [4.78, 5) is 11.7. The van der Waals surface area contributed by atoms with Crippen molar-refractivity contribution >= 4 is 17.7 Å². The number of hydrogen-bond donors (Lipinski definition) is 3. The molecule has 1 aliphatic carbocycles. The minimum Gasteiger partial charge on any atom is -0.396 e. The molecule has 4 N–H and O–H groups in total. The van der Waals surface area contributed by atoms with Crippen LogP contribution in [0.4, 0.5) is 0 Å². The third kappa shape index (κ3) is 3.62. The van der Waals surface area contributed by atoms with E-state index in [2.05, 4.69) is 5.32 Å². The Kier molecular flexibility index (Phi) is 6.46. The molecule has 4 nitrogen and oxygen atoms in total. The highest BCUT2D eigenvalue weighted by Gasteiger charge is 2.45. The maximum absolute atomic E-state index is 11.7. The summed E-state index contributed by atoms with van der Waals surface area (Å²) < 4.78 is 0. The van der Waals surface area contributed by atoms with Crippen LogP contribution in [0.25, 0.3) is 0 Å². The quantitative estimate of drug-likeness (QED) is 0.577. The van der Waals surface area contributed by atoms with Crippen LogP contribution in [0.5, 0.6) is 0 Å². The van der Waals surface area contributed by atoms with Gasteiger partial charge in [-0.2, -0.15) is 11.8 Å². The summed E-state index contributed by atoms with van der Waals surface area (Å²) in [6, 6.07) is 0. The maximum atomic E-state index is 11.7. The van der Waals surface area contributed by atoms with Crippen molar-refractivity contribution in [1.29, 1.82) is 0 Å². The smallest absolute Gasteiger partial charge is 0.238 e. The summed E-state index contributed by atoms with van der Waals surface area (Å²) in [7, 11) is 1.84. The monoisotopic (exact) mass is 274 g/mol. The average Bonchev–Trinajstić information content (AvgIpc) is 2.78. The summed E-state index contributed by atoms with van der Waals surface area (Å²) in [5.74, 6) is 2.51. The molecule has 1 fully saturated rings. The zero-order valence-electron chi connectivity index (χ0n) is 11.4. The van der Waals surface area contributed by atoms with Crippen molar-refractivity contribution in [2.24, 2.45) is 17.6 Å². The van der Waals surface area contributed by atoms with E-state index in [1.54, 1.807) is 0 Å². The number of carbonyl (C=O) groups is 1. The molecule has 0 radical (unpaired) electrons. The average molecular weight is 274 g/mol. The summed E-state index contributed by atoms with van der Waals surface area (Å²) in [6.07, 6.45) is 4.04. The summed E-state index contributed by atoms with van der Waals surface area (Å²) in [5.41, 5.74) is 5.08. The van der Waals surface area contributed by atoms with Crippen molar-refractivity contribution in [3.8, 4) is 0 Å². The van der Waals surface area contributed by atoms with Gasteiger partial charge in [0.1, 0.15) is 5.54 Å². The van der Waals surface area contributed by atoms with Crippen LogP contribution >= 0.6 is 11.8 Å². The van der Waals surface area contributed by atoms with Crippen LogP contribution in [0, 0.1) is 11.8 Å². The Hall–Kier alpha value is -0.260. The molecule has 0 heterocycles. The van der Waals surface area contributed by atoms with Crippen LogP contribution in [-0.4, -0.2) is 41.7 Å². The molecule has 1 rings (SSSR count). The molecule has 5 heteroatoms. The van der Waals surface area contributed by atoms with E-state index >= 15 is 0 Å². The van der Waals surface area contributed by atoms with Crippen molar-refractivity contribution in [3.63, 3.8) is 0 Å². The van der Waals surface area contributed by atoms with Crippen molar-refractivity contribution in [2.45, 2.75) is 38.1 Å². The van der Waals surface area contributed by atoms with E-state index in [0.29, 0.717) is 11.8 Å². The maximum Gasteiger partial charge on any atom is 0.238 e. The number of thioether (sulfide) groups is 1. The Balaban J connectivity index is 2.39. The van der Waals surface area contributed by atoms with Gasteiger partial charge in [0.25, 0.3) is 0 Å². The van der Waals surface area contributed by atoms with Gasteiger partial charge in [0.05, 0.1) is 0 Å². The molecule has 0 saturated heterocycles. The fraction of sp³-hybridized carbons (Fsp3) is 0.923. The zero-order valence-corrected chi connectivity index (χ0v) is 12.3. The molecule has 1 saturated carbocycles. The second kappa shape index (κ2) is 7.36. The number of nitrogens with two attached hydrogens (primary N) is 1. The van der Waals surface area contributed by atoms with Gasteiger partial charge in [0.2, 0.25) is 5.91 Å². The van der Waals surface area contributed by atoms with E-state index in [1.807, 2.05) is 25.7 Å². The number of rotatable bonds is 8. The SMILES string of the molecule is CNC1(C(N)=O)CCCC1CCSCC(C)CO. The van der Waals surface area contributed by atoms with E-state index in [-0.39, 0.29) is 12.5 Å². The molecule has 18 heavy (non-hydrogen) atoms. The van der Waals surface area contributed by atoms with Gasteiger partial charge in [-0.15, -0.1) is 0 Å². The summed E-state index contributed by atoms with van der Waals surface area (Å²) in [5, 5.41) is 12.1. The van der Waals surface area contributed by atoms with E-state index in [9.17, 15) is 4.79 Å². The van der Waals surface area contributed by atoms with Crippen LogP contribution in [0.2, 0.25) is 0 Å². The topological polar surface area (TPSA) is 75.3 Å². The molecule has 0 aliphatic heterocycles. The molecule has 0 aromatic heterocycles. The lowest BCUT2D eigenvalue weighted by Gasteiger charge is -2.32. The standard InChI is InChI=1S/C13H26N2O2S/c1-10(8-16)9-18-7-5-11-4-3-6-13(11,15-2)12(14)17/h10-11,15-16H,3-9H2,1-2H3,(H2,14,17). The predicted octanol–water partition coefficient (Wildman–Crippen LogP) is 0.982. The third-order valence-electron chi connectivity index (χ3n) is 4.03. The molecule has 3 unspecified atom stereocenters. The number of primary amides is 1. The highest BCUT2D eigenvalue weighted by Crippen LogP contribution is 2.38. The minimum atomic E-state index is -0.483. The van der Waals surface area contributed by atoms with E-state index < -0.39 is 5.54 Å². The first-order valence-corrected chi connectivity index (χ1v) is 7.89. The first kappa shape index (κ1) is 15.8. The Labute approximate surface area is 114 Å². The van der Waals surface area contributed by atoms with Gasteiger partial charge >= 0.3 is 0 Å². The molecule has 0 aromatic carbocycles. The van der Waals surface area contributed by atoms with Gasteiger partial charge in [-0.25, -0.2) is 0 Å². The number of aliphatic hydroxyl groups excluding tert-OH is 1. The van der Waals surface area contributed by atoms with Gasteiger partial charge in [-0.3, -0.25) is 4.79 Å². The molecule has 1 amide bonds. The normalized spacial score (nSPS) is 29.4. The number of carbonyl (C=O) groups excluding carboxylic acids is 1. The van der Waals surface area contributed by atoms with Crippen LogP contribution in [0.1, 0.15) is 32.6 Å².